The van der Waals surface area contributed by atoms with Crippen LogP contribution in [0.25, 0.3) is 5.70 Å². The number of nitrogens with two attached hydrogens (primary N) is 2. The Bertz CT molecular complexity index is 1320. The smallest absolute Gasteiger partial charge is 0.209 e. The number of Topliss-reactive ketones (excluding diaryl/α,β-unsaturated/α-hetero) is 1. The number of nitrogen functional groups attached to an aromatic ring is 1. The lowest BCUT2D eigenvalue weighted by Gasteiger charge is -2.23. The largest absolute Gasteiger partial charge is 0.485 e. The van der Waals surface area contributed by atoms with Gasteiger partial charge in [0.1, 0.15) is 12.4 Å². The molecule has 9 nitrogen and oxygen atoms in total. The third-order valence-corrected chi connectivity index (χ3v) is 5.46. The van der Waals surface area contributed by atoms with Crippen molar-refractivity contribution in [2.24, 2.45) is 10.7 Å². The topological polar surface area (TPSA) is 136 Å². The molecule has 0 saturated carbocycles. The maximum atomic E-state index is 14.1. The zero-order valence-corrected chi connectivity index (χ0v) is 21.3. The second-order valence-corrected chi connectivity index (χ2v) is 8.55. The Labute approximate surface area is 215 Å². The van der Waals surface area contributed by atoms with Crippen molar-refractivity contribution in [1.29, 1.82) is 0 Å². The van der Waals surface area contributed by atoms with Gasteiger partial charge in [0.25, 0.3) is 0 Å². The molecule has 0 unspecified atom stereocenters. The number of hydrogen-bond donors (Lipinski definition) is 3. The minimum atomic E-state index is -0.408. The molecule has 0 atom stereocenters. The van der Waals surface area contributed by atoms with Crippen LogP contribution in [0.2, 0.25) is 0 Å². The van der Waals surface area contributed by atoms with Gasteiger partial charge in [0.15, 0.2) is 17.4 Å². The quantitative estimate of drug-likeness (QED) is 0.421. The van der Waals surface area contributed by atoms with E-state index in [-0.39, 0.29) is 23.8 Å². The Hall–Kier alpha value is -4.47. The molecule has 4 rings (SSSR count). The van der Waals surface area contributed by atoms with Crippen molar-refractivity contribution in [2.75, 3.05) is 32.9 Å². The van der Waals surface area contributed by atoms with E-state index in [0.29, 0.717) is 58.2 Å². The van der Waals surface area contributed by atoms with Gasteiger partial charge in [-0.2, -0.15) is 0 Å². The van der Waals surface area contributed by atoms with Crippen molar-refractivity contribution in [3.63, 3.8) is 0 Å². The van der Waals surface area contributed by atoms with E-state index in [4.69, 9.17) is 16.2 Å². The van der Waals surface area contributed by atoms with Crippen molar-refractivity contribution in [3.05, 3.63) is 82.0 Å². The third kappa shape index (κ3) is 6.21. The average molecular weight is 507 g/mol. The van der Waals surface area contributed by atoms with Crippen LogP contribution in [0.15, 0.2) is 64.5 Å². The summed E-state index contributed by atoms with van der Waals surface area (Å²) in [6.45, 7) is 4.53. The summed E-state index contributed by atoms with van der Waals surface area (Å²) >= 11 is 0. The van der Waals surface area contributed by atoms with Crippen molar-refractivity contribution in [3.8, 4) is 5.75 Å². The van der Waals surface area contributed by atoms with Gasteiger partial charge in [0.05, 0.1) is 17.0 Å². The fourth-order valence-electron chi connectivity index (χ4n) is 3.81. The number of ketones is 1. The third-order valence-electron chi connectivity index (χ3n) is 5.46. The van der Waals surface area contributed by atoms with Crippen LogP contribution in [-0.2, 0) is 16.2 Å². The fraction of sp³-hybridized carbons (Fsp3) is 0.259. The normalized spacial score (nSPS) is 17.1. The number of carbonyl (C=O) groups is 2. The van der Waals surface area contributed by atoms with E-state index in [2.05, 4.69) is 15.3 Å². The van der Waals surface area contributed by atoms with Crippen molar-refractivity contribution >= 4 is 29.4 Å². The molecule has 0 radical (unpaired) electrons. The Morgan fingerprint density at radius 1 is 1.32 bits per heavy atom. The second-order valence-electron chi connectivity index (χ2n) is 8.55. The van der Waals surface area contributed by atoms with Gasteiger partial charge in [-0.1, -0.05) is 12.2 Å². The first-order chi connectivity index (χ1) is 17.7. The molecule has 0 fully saturated rings. The molecular formula is C27H31FN6O3. The number of carbonyl (C=O) groups excluding carboxylic acids is 2. The number of amides is 1. The average Bonchev–Trinajstić information content (AvgIpc) is 2.87. The van der Waals surface area contributed by atoms with Gasteiger partial charge in [-0.3, -0.25) is 14.6 Å². The van der Waals surface area contributed by atoms with Crippen LogP contribution in [-0.4, -0.2) is 55.0 Å². The molecule has 2 aliphatic rings. The van der Waals surface area contributed by atoms with Gasteiger partial charge in [-0.05, 0) is 38.1 Å². The number of anilines is 1. The zero-order valence-electron chi connectivity index (χ0n) is 21.3. The zero-order chi connectivity index (χ0) is 27.1. The number of pyridine rings is 1. The SMILES string of the molecule is CCN=C1/C(=C(/C)N)C(=O)C2=C(NCC=C2)c2ccc(F)cc2COc2cc1cnc2N.CN(C)C=O. The molecule has 37 heavy (non-hydrogen) atoms. The Balaban J connectivity index is 0.000000695. The first-order valence-corrected chi connectivity index (χ1v) is 11.7. The van der Waals surface area contributed by atoms with E-state index in [1.807, 2.05) is 13.0 Å². The number of hydrogen-bond acceptors (Lipinski definition) is 8. The number of benzene rings is 1. The Kier molecular flexibility index (Phi) is 8.78. The number of rotatable bonds is 2. The minimum Gasteiger partial charge on any atom is -0.485 e. The molecule has 10 heteroatoms. The number of ether oxygens (including phenoxy) is 1. The maximum absolute atomic E-state index is 14.1. The number of nitrogens with zero attached hydrogens (tertiary/aromatic N) is 3. The van der Waals surface area contributed by atoms with Crippen molar-refractivity contribution < 1.29 is 18.7 Å². The highest BCUT2D eigenvalue weighted by molar-refractivity contribution is 6.35. The first-order valence-electron chi connectivity index (χ1n) is 11.7. The van der Waals surface area contributed by atoms with Gasteiger partial charge in [-0.15, -0.1) is 0 Å². The highest BCUT2D eigenvalue weighted by atomic mass is 19.1. The summed E-state index contributed by atoms with van der Waals surface area (Å²) in [7, 11) is 3.38. The van der Waals surface area contributed by atoms with Crippen LogP contribution in [0, 0.1) is 5.82 Å². The predicted octanol–water partition coefficient (Wildman–Crippen LogP) is 2.58. The lowest BCUT2D eigenvalue weighted by Crippen LogP contribution is -2.27. The number of nitrogens with one attached hydrogen (secondary N) is 1. The number of dihydropyridines is 1. The van der Waals surface area contributed by atoms with E-state index in [9.17, 15) is 14.0 Å². The molecule has 3 heterocycles. The fourth-order valence-corrected chi connectivity index (χ4v) is 3.81. The van der Waals surface area contributed by atoms with E-state index in [1.54, 1.807) is 39.2 Å². The van der Waals surface area contributed by atoms with Crippen molar-refractivity contribution in [2.45, 2.75) is 20.5 Å². The van der Waals surface area contributed by atoms with Gasteiger partial charge < -0.3 is 26.4 Å². The molecule has 0 saturated heterocycles. The summed E-state index contributed by atoms with van der Waals surface area (Å²) in [4.78, 5) is 33.5. The summed E-state index contributed by atoms with van der Waals surface area (Å²) in [5.74, 6) is -0.200. The maximum Gasteiger partial charge on any atom is 0.209 e. The molecule has 1 aromatic carbocycles. The number of fused-ring (bicyclic) bond motifs is 4. The highest BCUT2D eigenvalue weighted by Crippen LogP contribution is 2.31. The molecule has 1 aromatic heterocycles. The Morgan fingerprint density at radius 3 is 2.70 bits per heavy atom. The molecule has 2 aliphatic heterocycles. The molecule has 0 aliphatic carbocycles. The molecule has 1 amide bonds. The van der Waals surface area contributed by atoms with Crippen LogP contribution < -0.4 is 21.5 Å². The number of aromatic nitrogens is 1. The summed E-state index contributed by atoms with van der Waals surface area (Å²) < 4.78 is 20.1. The van der Waals surface area contributed by atoms with E-state index >= 15 is 0 Å². The van der Waals surface area contributed by atoms with E-state index in [0.717, 1.165) is 6.41 Å². The summed E-state index contributed by atoms with van der Waals surface area (Å²) in [5.41, 5.74) is 16.0. The molecule has 0 spiro atoms. The Morgan fingerprint density at radius 2 is 2.05 bits per heavy atom. The molecule has 5 N–H and O–H groups in total. The first kappa shape index (κ1) is 27.1. The predicted molar refractivity (Wildman–Crippen MR) is 142 cm³/mol. The van der Waals surface area contributed by atoms with Crippen LogP contribution in [0.4, 0.5) is 10.2 Å². The van der Waals surface area contributed by atoms with E-state index in [1.165, 1.54) is 23.2 Å². The molecule has 2 bridgehead atoms. The second kappa shape index (κ2) is 12.0. The molecule has 2 aromatic rings. The summed E-state index contributed by atoms with van der Waals surface area (Å²) in [5, 5.41) is 3.26. The van der Waals surface area contributed by atoms with Crippen LogP contribution in [0.5, 0.6) is 5.75 Å². The summed E-state index contributed by atoms with van der Waals surface area (Å²) in [6.07, 6.45) is 5.90. The van der Waals surface area contributed by atoms with Gasteiger partial charge in [0.2, 0.25) is 6.41 Å². The standard InChI is InChI=1S/C24H24FN5O2.C3H7NO/c1-3-28-21-14-10-19(24(27)30-11-14)32-12-15-9-16(25)6-7-17(15)22-18(5-4-8-29-22)23(31)20(21)13(2)26;1-4(2)3-5/h4-7,9-11,29H,3,8,12,26H2,1-2H3,(H2,27,30);3H,1-2H3/b20-13+,28-21?;. The number of aliphatic imine (C=N–C) groups is 1. The van der Waals surface area contributed by atoms with Crippen LogP contribution >= 0.6 is 0 Å². The van der Waals surface area contributed by atoms with E-state index < -0.39 is 5.82 Å². The van der Waals surface area contributed by atoms with Gasteiger partial charge in [0, 0.05) is 61.3 Å². The van der Waals surface area contributed by atoms with Gasteiger partial charge >= 0.3 is 0 Å². The number of halogens is 1. The lowest BCUT2D eigenvalue weighted by atomic mass is 9.89. The number of allylic oxidation sites excluding steroid dienone is 4. The van der Waals surface area contributed by atoms with Gasteiger partial charge in [-0.25, -0.2) is 9.37 Å². The summed E-state index contributed by atoms with van der Waals surface area (Å²) in [6, 6.07) is 6.05. The highest BCUT2D eigenvalue weighted by Gasteiger charge is 2.28. The molecule has 194 valence electrons. The van der Waals surface area contributed by atoms with Crippen LogP contribution in [0.3, 0.4) is 0 Å². The molecular weight excluding hydrogens is 475 g/mol. The lowest BCUT2D eigenvalue weighted by molar-refractivity contribution is -0.116. The van der Waals surface area contributed by atoms with Crippen molar-refractivity contribution in [1.82, 2.24) is 15.2 Å². The van der Waals surface area contributed by atoms with Crippen LogP contribution in [0.1, 0.15) is 30.5 Å². The minimum absolute atomic E-state index is 0.0393. The monoisotopic (exact) mass is 506 g/mol.